The number of amides is 2. The first kappa shape index (κ1) is 17.7. The fourth-order valence-corrected chi connectivity index (χ4v) is 4.10. The topological polar surface area (TPSA) is 91.6 Å². The van der Waals surface area contributed by atoms with E-state index < -0.39 is 0 Å². The second kappa shape index (κ2) is 8.34. The van der Waals surface area contributed by atoms with Crippen molar-refractivity contribution in [2.75, 3.05) is 36.8 Å². The molecule has 1 fully saturated rings. The van der Waals surface area contributed by atoms with Crippen LogP contribution >= 0.6 is 23.1 Å². The molecule has 1 N–H and O–H groups in total. The number of aromatic nitrogens is 2. The van der Waals surface area contributed by atoms with Gasteiger partial charge in [-0.2, -0.15) is 0 Å². The molecule has 0 saturated carbocycles. The molecule has 1 aliphatic rings. The third kappa shape index (κ3) is 4.95. The molecule has 1 saturated heterocycles. The van der Waals surface area contributed by atoms with Gasteiger partial charge in [0.2, 0.25) is 16.9 Å². The summed E-state index contributed by atoms with van der Waals surface area (Å²) in [5.74, 6) is 1.04. The summed E-state index contributed by atoms with van der Waals surface area (Å²) >= 11 is 2.84. The summed E-state index contributed by atoms with van der Waals surface area (Å²) in [7, 11) is 0. The number of furan rings is 1. The lowest BCUT2D eigenvalue weighted by Gasteiger charge is -2.33. The molecule has 8 nitrogen and oxygen atoms in total. The van der Waals surface area contributed by atoms with E-state index in [0.717, 1.165) is 28.3 Å². The molecule has 2 amide bonds. The zero-order valence-corrected chi connectivity index (χ0v) is 15.4. The molecule has 0 atom stereocenters. The van der Waals surface area contributed by atoms with Crippen LogP contribution in [-0.4, -0.2) is 58.8 Å². The minimum Gasteiger partial charge on any atom is -0.467 e. The zero-order chi connectivity index (χ0) is 17.6. The highest BCUT2D eigenvalue weighted by atomic mass is 32.2. The lowest BCUT2D eigenvalue weighted by molar-refractivity contribution is -0.129. The molecule has 3 rings (SSSR count). The van der Waals surface area contributed by atoms with Gasteiger partial charge >= 0.3 is 0 Å². The van der Waals surface area contributed by atoms with Gasteiger partial charge in [-0.25, -0.2) is 0 Å². The molecular formula is C15H19N5O3S2. The van der Waals surface area contributed by atoms with Gasteiger partial charge in [-0.05, 0) is 12.1 Å². The Balaban J connectivity index is 1.42. The van der Waals surface area contributed by atoms with Crippen LogP contribution in [0.2, 0.25) is 0 Å². The van der Waals surface area contributed by atoms with Crippen molar-refractivity contribution in [2.24, 2.45) is 0 Å². The minimum absolute atomic E-state index is 0.0757. The summed E-state index contributed by atoms with van der Waals surface area (Å²) < 4.78 is 5.93. The molecule has 0 unspecified atom stereocenters. The van der Waals surface area contributed by atoms with Crippen molar-refractivity contribution in [2.45, 2.75) is 17.8 Å². The van der Waals surface area contributed by atoms with Gasteiger partial charge in [-0.1, -0.05) is 23.1 Å². The molecule has 25 heavy (non-hydrogen) atoms. The molecule has 2 aromatic heterocycles. The Morgan fingerprint density at radius 2 is 2.12 bits per heavy atom. The minimum atomic E-state index is -0.0757. The van der Waals surface area contributed by atoms with Gasteiger partial charge in [0, 0.05) is 33.1 Å². The summed E-state index contributed by atoms with van der Waals surface area (Å²) in [6.45, 7) is 4.88. The van der Waals surface area contributed by atoms with Crippen molar-refractivity contribution in [3.8, 4) is 0 Å². The van der Waals surface area contributed by atoms with Crippen molar-refractivity contribution in [1.82, 2.24) is 20.4 Å². The molecule has 134 valence electrons. The number of rotatable bonds is 6. The average Bonchev–Trinajstić information content (AvgIpc) is 3.30. The zero-order valence-electron chi connectivity index (χ0n) is 13.8. The summed E-state index contributed by atoms with van der Waals surface area (Å²) in [4.78, 5) is 27.2. The van der Waals surface area contributed by atoms with Crippen LogP contribution in [0.1, 0.15) is 12.7 Å². The van der Waals surface area contributed by atoms with Gasteiger partial charge in [-0.3, -0.25) is 9.59 Å². The van der Waals surface area contributed by atoms with Crippen LogP contribution in [0.25, 0.3) is 0 Å². The first-order valence-corrected chi connectivity index (χ1v) is 9.68. The molecule has 0 bridgehead atoms. The number of hydrogen-bond donors (Lipinski definition) is 1. The predicted molar refractivity (Wildman–Crippen MR) is 95.7 cm³/mol. The van der Waals surface area contributed by atoms with E-state index in [-0.39, 0.29) is 17.6 Å². The standard InChI is InChI=1S/C15H19N5O3S2/c1-11(21)19-4-6-20(7-5-19)14-17-18-15(25-14)24-10-13(22)16-9-12-3-2-8-23-12/h2-3,8H,4-7,9-10H2,1H3,(H,16,22). The Kier molecular flexibility index (Phi) is 5.92. The third-order valence-electron chi connectivity index (χ3n) is 3.76. The molecule has 1 aliphatic heterocycles. The van der Waals surface area contributed by atoms with E-state index >= 15 is 0 Å². The number of nitrogens with one attached hydrogen (secondary N) is 1. The van der Waals surface area contributed by atoms with E-state index in [1.165, 1.54) is 23.1 Å². The summed E-state index contributed by atoms with van der Waals surface area (Å²) in [5, 5.41) is 12.0. The largest absolute Gasteiger partial charge is 0.467 e. The van der Waals surface area contributed by atoms with Gasteiger partial charge in [0.25, 0.3) is 0 Å². The number of nitrogens with zero attached hydrogens (tertiary/aromatic N) is 4. The highest BCUT2D eigenvalue weighted by Crippen LogP contribution is 2.28. The first-order valence-electron chi connectivity index (χ1n) is 7.87. The second-order valence-corrected chi connectivity index (χ2v) is 7.67. The normalized spacial score (nSPS) is 14.6. The summed E-state index contributed by atoms with van der Waals surface area (Å²) in [6.07, 6.45) is 1.58. The maximum Gasteiger partial charge on any atom is 0.230 e. The van der Waals surface area contributed by atoms with Crippen LogP contribution in [-0.2, 0) is 16.1 Å². The molecule has 0 spiro atoms. The monoisotopic (exact) mass is 381 g/mol. The van der Waals surface area contributed by atoms with E-state index in [9.17, 15) is 9.59 Å². The van der Waals surface area contributed by atoms with Gasteiger partial charge in [-0.15, -0.1) is 10.2 Å². The number of thioether (sulfide) groups is 1. The molecule has 0 radical (unpaired) electrons. The van der Waals surface area contributed by atoms with Crippen LogP contribution in [0.5, 0.6) is 0 Å². The second-order valence-electron chi connectivity index (χ2n) is 5.49. The Labute approximate surface area is 153 Å². The Morgan fingerprint density at radius 3 is 2.80 bits per heavy atom. The van der Waals surface area contributed by atoms with Crippen LogP contribution in [0.3, 0.4) is 0 Å². The molecule has 10 heteroatoms. The van der Waals surface area contributed by atoms with E-state index in [1.54, 1.807) is 19.3 Å². The van der Waals surface area contributed by atoms with Gasteiger partial charge in [0.1, 0.15) is 5.76 Å². The SMILES string of the molecule is CC(=O)N1CCN(c2nnc(SCC(=O)NCc3ccco3)s2)CC1. The summed E-state index contributed by atoms with van der Waals surface area (Å²) in [5.41, 5.74) is 0. The van der Waals surface area contributed by atoms with Gasteiger partial charge in [0.05, 0.1) is 18.6 Å². The molecule has 0 aromatic carbocycles. The molecule has 0 aliphatic carbocycles. The van der Waals surface area contributed by atoms with Crippen molar-refractivity contribution >= 4 is 40.0 Å². The Morgan fingerprint density at radius 1 is 1.32 bits per heavy atom. The highest BCUT2D eigenvalue weighted by molar-refractivity contribution is 8.01. The molecule has 2 aromatic rings. The Hall–Kier alpha value is -2.07. The lowest BCUT2D eigenvalue weighted by Crippen LogP contribution is -2.48. The van der Waals surface area contributed by atoms with Crippen LogP contribution in [0, 0.1) is 0 Å². The number of piperazine rings is 1. The number of hydrogen-bond acceptors (Lipinski definition) is 8. The number of anilines is 1. The fraction of sp³-hybridized carbons (Fsp3) is 0.467. The van der Waals surface area contributed by atoms with Crippen molar-refractivity contribution < 1.29 is 14.0 Å². The summed E-state index contributed by atoms with van der Waals surface area (Å²) in [6, 6.07) is 3.60. The smallest absolute Gasteiger partial charge is 0.230 e. The van der Waals surface area contributed by atoms with Crippen LogP contribution in [0.15, 0.2) is 27.2 Å². The third-order valence-corrected chi connectivity index (χ3v) is 5.88. The quantitative estimate of drug-likeness (QED) is 0.752. The van der Waals surface area contributed by atoms with E-state index in [2.05, 4.69) is 20.4 Å². The van der Waals surface area contributed by atoms with E-state index in [1.807, 2.05) is 11.0 Å². The number of carbonyl (C=O) groups is 2. The predicted octanol–water partition coefficient (Wildman–Crippen LogP) is 1.21. The van der Waals surface area contributed by atoms with Crippen LogP contribution < -0.4 is 10.2 Å². The average molecular weight is 381 g/mol. The molecule has 3 heterocycles. The Bertz CT molecular complexity index is 711. The first-order chi connectivity index (χ1) is 12.1. The number of carbonyl (C=O) groups excluding carboxylic acids is 2. The van der Waals surface area contributed by atoms with Crippen molar-refractivity contribution in [1.29, 1.82) is 0 Å². The fourth-order valence-electron chi connectivity index (χ4n) is 2.38. The highest BCUT2D eigenvalue weighted by Gasteiger charge is 2.21. The van der Waals surface area contributed by atoms with Gasteiger partial charge in [0.15, 0.2) is 4.34 Å². The van der Waals surface area contributed by atoms with Crippen molar-refractivity contribution in [3.05, 3.63) is 24.2 Å². The molecular weight excluding hydrogens is 362 g/mol. The van der Waals surface area contributed by atoms with E-state index in [4.69, 9.17) is 4.42 Å². The van der Waals surface area contributed by atoms with Gasteiger partial charge < -0.3 is 19.5 Å². The van der Waals surface area contributed by atoms with Crippen LogP contribution in [0.4, 0.5) is 5.13 Å². The maximum atomic E-state index is 11.9. The van der Waals surface area contributed by atoms with E-state index in [0.29, 0.717) is 19.6 Å². The maximum absolute atomic E-state index is 11.9. The lowest BCUT2D eigenvalue weighted by atomic mass is 10.3. The van der Waals surface area contributed by atoms with Crippen molar-refractivity contribution in [3.63, 3.8) is 0 Å².